The van der Waals surface area contributed by atoms with Gasteiger partial charge in [0.15, 0.2) is 0 Å². The molecule has 4 aromatic heterocycles. The van der Waals surface area contributed by atoms with Gasteiger partial charge in [0.25, 0.3) is 0 Å². The summed E-state index contributed by atoms with van der Waals surface area (Å²) in [6.07, 6.45) is 19.1. The van der Waals surface area contributed by atoms with Crippen molar-refractivity contribution in [2.24, 2.45) is 0 Å². The van der Waals surface area contributed by atoms with Gasteiger partial charge >= 0.3 is 0 Å². The number of allylic oxidation sites excluding steroid dienone is 3. The maximum atomic E-state index is 5.35. The molecule has 250 valence electrons. The lowest BCUT2D eigenvalue weighted by Crippen LogP contribution is -2.33. The minimum atomic E-state index is 0.814. The van der Waals surface area contributed by atoms with E-state index in [2.05, 4.69) is 141 Å². The second-order valence-corrected chi connectivity index (χ2v) is 13.1. The van der Waals surface area contributed by atoms with E-state index in [0.717, 1.165) is 106 Å². The van der Waals surface area contributed by atoms with Gasteiger partial charge in [0, 0.05) is 45.1 Å². The van der Waals surface area contributed by atoms with E-state index in [1.165, 1.54) is 5.57 Å². The number of pyridine rings is 4. The summed E-state index contributed by atoms with van der Waals surface area (Å²) >= 11 is 0. The number of hydrogen-bond donors (Lipinski definition) is 0. The monoisotopic (exact) mass is 670 g/mol. The zero-order chi connectivity index (χ0) is 35.8. The molecular weight excluding hydrogens is 633 g/mol. The molecule has 1 aliphatic rings. The largest absolute Gasteiger partial charge is 0.254 e. The molecule has 0 aliphatic heterocycles. The smallest absolute Gasteiger partial charge is 0.0975 e. The average molecular weight is 671 g/mol. The van der Waals surface area contributed by atoms with Crippen LogP contribution in [0.5, 0.6) is 0 Å². The predicted molar refractivity (Wildman–Crippen MR) is 221 cm³/mol. The Labute approximate surface area is 304 Å². The first-order valence-corrected chi connectivity index (χ1v) is 17.6. The molecule has 0 saturated carbocycles. The van der Waals surface area contributed by atoms with Crippen LogP contribution in [0.1, 0.15) is 42.5 Å². The molecule has 0 radical (unpaired) electrons. The molecule has 1 aliphatic carbocycles. The third-order valence-corrected chi connectivity index (χ3v) is 9.96. The molecule has 0 saturated heterocycles. The standard InChI is InChI=1S/C48H38N4/c1-6-13-32-15-11-17-39(36(32)7-2)44-37(8-3)48(52-42-18-10-9-14-30(4)43(42)44)45-31(5)19-26-41(51-45)34-22-20-33(21-23-34)38-27-29-50-47-40(38)25-24-35-16-12-28-49-46(35)47/h6-13,15-29H,2-3,14H2,1,4-5H3/b13-6-. The summed E-state index contributed by atoms with van der Waals surface area (Å²) in [4.78, 5) is 20.0. The van der Waals surface area contributed by atoms with Gasteiger partial charge in [-0.3, -0.25) is 9.97 Å². The van der Waals surface area contributed by atoms with E-state index in [4.69, 9.17) is 15.0 Å². The first-order valence-electron chi connectivity index (χ1n) is 17.6. The first-order chi connectivity index (χ1) is 25.5. The minimum absolute atomic E-state index is 0.814. The fourth-order valence-electron chi connectivity index (χ4n) is 7.44. The molecule has 0 fully saturated rings. The van der Waals surface area contributed by atoms with Crippen LogP contribution in [0.15, 0.2) is 129 Å². The van der Waals surface area contributed by atoms with Crippen molar-refractivity contribution in [2.75, 3.05) is 0 Å². The molecule has 4 heterocycles. The van der Waals surface area contributed by atoms with Gasteiger partial charge in [-0.1, -0.05) is 122 Å². The van der Waals surface area contributed by atoms with Crippen molar-refractivity contribution in [1.29, 1.82) is 0 Å². The molecule has 4 heteroatoms. The lowest BCUT2D eigenvalue weighted by Gasteiger charge is -2.19. The Bertz CT molecular complexity index is 2770. The Morgan fingerprint density at radius 1 is 0.692 bits per heavy atom. The van der Waals surface area contributed by atoms with Gasteiger partial charge in [-0.15, -0.1) is 0 Å². The first kappa shape index (κ1) is 32.7. The molecule has 0 spiro atoms. The SMILES string of the molecule is C=Cc1c(/C=C\C)cccc1-c1c(C=C)c(-c2nc(-c3ccc(-c4ccnc5c4ccc4cccnc45)cc3)ccc2C)nc2c1=C(C)CC=CC=2. The topological polar surface area (TPSA) is 51.6 Å². The highest BCUT2D eigenvalue weighted by atomic mass is 14.8. The van der Waals surface area contributed by atoms with Crippen molar-refractivity contribution in [2.45, 2.75) is 27.2 Å². The number of aromatic nitrogens is 4. The van der Waals surface area contributed by atoms with Crippen LogP contribution in [-0.2, 0) is 0 Å². The molecule has 4 nitrogen and oxygen atoms in total. The van der Waals surface area contributed by atoms with E-state index >= 15 is 0 Å². The van der Waals surface area contributed by atoms with Gasteiger partial charge in [0.2, 0.25) is 0 Å². The molecule has 7 aromatic rings. The van der Waals surface area contributed by atoms with Crippen molar-refractivity contribution in [3.63, 3.8) is 0 Å². The fourth-order valence-corrected chi connectivity index (χ4v) is 7.44. The van der Waals surface area contributed by atoms with Crippen molar-refractivity contribution in [3.8, 4) is 44.9 Å². The average Bonchev–Trinajstić information content (AvgIpc) is 3.37. The number of nitrogens with zero attached hydrogens (tertiary/aromatic N) is 4. The summed E-state index contributed by atoms with van der Waals surface area (Å²) in [5.41, 5.74) is 15.3. The van der Waals surface area contributed by atoms with Gasteiger partial charge in [-0.2, -0.15) is 0 Å². The minimum Gasteiger partial charge on any atom is -0.254 e. The van der Waals surface area contributed by atoms with E-state index in [9.17, 15) is 0 Å². The molecule has 0 amide bonds. The van der Waals surface area contributed by atoms with E-state index in [1.807, 2.05) is 37.5 Å². The van der Waals surface area contributed by atoms with Crippen molar-refractivity contribution in [1.82, 2.24) is 19.9 Å². The maximum absolute atomic E-state index is 5.35. The normalized spacial score (nSPS) is 12.6. The van der Waals surface area contributed by atoms with E-state index in [1.54, 1.807) is 0 Å². The highest BCUT2D eigenvalue weighted by Gasteiger charge is 2.21. The summed E-state index contributed by atoms with van der Waals surface area (Å²) in [5.74, 6) is 0. The van der Waals surface area contributed by atoms with Gasteiger partial charge in [-0.25, -0.2) is 9.97 Å². The molecule has 3 aromatic carbocycles. The Morgan fingerprint density at radius 2 is 1.50 bits per heavy atom. The second kappa shape index (κ2) is 13.7. The summed E-state index contributed by atoms with van der Waals surface area (Å²) in [7, 11) is 0. The summed E-state index contributed by atoms with van der Waals surface area (Å²) in [5, 5.41) is 4.23. The van der Waals surface area contributed by atoms with Crippen molar-refractivity contribution < 1.29 is 0 Å². The van der Waals surface area contributed by atoms with Crippen LogP contribution in [0.25, 0.3) is 96.6 Å². The Kier molecular flexibility index (Phi) is 8.58. The Hall–Kier alpha value is -6.52. The number of hydrogen-bond acceptors (Lipinski definition) is 4. The molecule has 52 heavy (non-hydrogen) atoms. The second-order valence-electron chi connectivity index (χ2n) is 13.1. The molecule has 0 bridgehead atoms. The summed E-state index contributed by atoms with van der Waals surface area (Å²) in [6, 6.07) is 29.7. The highest BCUT2D eigenvalue weighted by Crippen LogP contribution is 2.36. The third-order valence-electron chi connectivity index (χ3n) is 9.96. The Balaban J connectivity index is 1.29. The van der Waals surface area contributed by atoms with Crippen LogP contribution in [-0.4, -0.2) is 19.9 Å². The quantitative estimate of drug-likeness (QED) is 0.158. The van der Waals surface area contributed by atoms with Crippen molar-refractivity contribution >= 4 is 51.7 Å². The molecule has 0 N–H and O–H groups in total. The van der Waals surface area contributed by atoms with Gasteiger partial charge in [0.1, 0.15) is 0 Å². The van der Waals surface area contributed by atoms with Crippen molar-refractivity contribution in [3.05, 3.63) is 162 Å². The summed E-state index contributed by atoms with van der Waals surface area (Å²) in [6.45, 7) is 14.9. The molecule has 0 unspecified atom stereocenters. The highest BCUT2D eigenvalue weighted by molar-refractivity contribution is 6.08. The van der Waals surface area contributed by atoms with Crippen LogP contribution in [0.2, 0.25) is 0 Å². The number of rotatable bonds is 7. The third kappa shape index (κ3) is 5.59. The molecule has 0 atom stereocenters. The molecule has 8 rings (SSSR count). The summed E-state index contributed by atoms with van der Waals surface area (Å²) < 4.78 is 0. The van der Waals surface area contributed by atoms with Gasteiger partial charge in [-0.05, 0) is 84.8 Å². The van der Waals surface area contributed by atoms with Crippen LogP contribution >= 0.6 is 0 Å². The fraction of sp³-hybridized carbons (Fsp3) is 0.0833. The zero-order valence-corrected chi connectivity index (χ0v) is 29.7. The lowest BCUT2D eigenvalue weighted by molar-refractivity contribution is 1.16. The zero-order valence-electron chi connectivity index (χ0n) is 29.7. The van der Waals surface area contributed by atoms with E-state index < -0.39 is 0 Å². The number of aryl methyl sites for hydroxylation is 1. The van der Waals surface area contributed by atoms with Crippen LogP contribution in [0, 0.1) is 6.92 Å². The van der Waals surface area contributed by atoms with Crippen LogP contribution in [0.4, 0.5) is 0 Å². The predicted octanol–water partition coefficient (Wildman–Crippen LogP) is 10.8. The van der Waals surface area contributed by atoms with E-state index in [0.29, 0.717) is 0 Å². The Morgan fingerprint density at radius 3 is 2.31 bits per heavy atom. The van der Waals surface area contributed by atoms with Gasteiger partial charge < -0.3 is 0 Å². The van der Waals surface area contributed by atoms with E-state index in [-0.39, 0.29) is 0 Å². The lowest BCUT2D eigenvalue weighted by atomic mass is 9.88. The molecular formula is C48H38N4. The van der Waals surface area contributed by atoms with Crippen LogP contribution in [0.3, 0.4) is 0 Å². The number of fused-ring (bicyclic) bond motifs is 4. The maximum Gasteiger partial charge on any atom is 0.0975 e. The van der Waals surface area contributed by atoms with Crippen LogP contribution < -0.4 is 10.6 Å². The van der Waals surface area contributed by atoms with Gasteiger partial charge in [0.05, 0.1) is 33.5 Å². The number of benzene rings is 3.